The SMILES string of the molecule is CCCN(CC(=O)N(Cc1ccc(OC)cc1)C1CCN(C(=O)c2cccs2)CC1)S(=O)(=O)c1ccccc1. The van der Waals surface area contributed by atoms with Gasteiger partial charge in [-0.15, -0.1) is 11.3 Å². The van der Waals surface area contributed by atoms with Crippen LogP contribution in [0.2, 0.25) is 0 Å². The molecule has 1 saturated heterocycles. The molecule has 1 aliphatic rings. The lowest BCUT2D eigenvalue weighted by molar-refractivity contribution is -0.135. The molecule has 2 heterocycles. The fraction of sp³-hybridized carbons (Fsp3) is 0.379. The summed E-state index contributed by atoms with van der Waals surface area (Å²) < 4.78 is 33.4. The maximum absolute atomic E-state index is 13.9. The summed E-state index contributed by atoms with van der Waals surface area (Å²) in [6, 6.07) is 19.3. The Morgan fingerprint density at radius 3 is 2.28 bits per heavy atom. The van der Waals surface area contributed by atoms with E-state index in [0.29, 0.717) is 43.8 Å². The standard InChI is InChI=1S/C29H35N3O5S2/c1-3-17-31(39(35,36)26-8-5-4-6-9-26)22-28(33)32(21-23-11-13-25(37-2)14-12-23)24-15-18-30(19-16-24)29(34)27-10-7-20-38-27/h4-14,20,24H,3,15-19,21-22H2,1-2H3. The number of piperidine rings is 1. The van der Waals surface area contributed by atoms with Crippen molar-refractivity contribution in [2.24, 2.45) is 0 Å². The van der Waals surface area contributed by atoms with Crippen LogP contribution in [0.1, 0.15) is 41.4 Å². The summed E-state index contributed by atoms with van der Waals surface area (Å²) in [5.74, 6) is 0.487. The minimum Gasteiger partial charge on any atom is -0.497 e. The molecule has 0 spiro atoms. The van der Waals surface area contributed by atoms with Gasteiger partial charge < -0.3 is 14.5 Å². The normalized spacial score (nSPS) is 14.4. The quantitative estimate of drug-likeness (QED) is 0.340. The Hall–Kier alpha value is -3.21. The first-order valence-electron chi connectivity index (χ1n) is 13.1. The highest BCUT2D eigenvalue weighted by Crippen LogP contribution is 2.24. The number of carbonyl (C=O) groups excluding carboxylic acids is 2. The van der Waals surface area contributed by atoms with Crippen LogP contribution in [0.3, 0.4) is 0 Å². The van der Waals surface area contributed by atoms with E-state index in [1.165, 1.54) is 15.6 Å². The highest BCUT2D eigenvalue weighted by molar-refractivity contribution is 7.89. The minimum atomic E-state index is -3.83. The molecule has 1 fully saturated rings. The van der Waals surface area contributed by atoms with E-state index >= 15 is 0 Å². The smallest absolute Gasteiger partial charge is 0.263 e. The van der Waals surface area contributed by atoms with Gasteiger partial charge in [0.2, 0.25) is 15.9 Å². The fourth-order valence-corrected chi connectivity index (χ4v) is 7.00. The molecule has 1 aromatic heterocycles. The third kappa shape index (κ3) is 7.06. The average Bonchev–Trinajstić information content (AvgIpc) is 3.51. The molecule has 0 N–H and O–H groups in total. The van der Waals surface area contributed by atoms with E-state index < -0.39 is 10.0 Å². The summed E-state index contributed by atoms with van der Waals surface area (Å²) in [7, 11) is -2.23. The molecule has 8 nitrogen and oxygen atoms in total. The third-order valence-electron chi connectivity index (χ3n) is 6.92. The van der Waals surface area contributed by atoms with Gasteiger partial charge in [0.15, 0.2) is 0 Å². The van der Waals surface area contributed by atoms with E-state index in [1.807, 2.05) is 53.6 Å². The third-order valence-corrected chi connectivity index (χ3v) is 9.64. The summed E-state index contributed by atoms with van der Waals surface area (Å²) in [6.07, 6.45) is 1.83. The zero-order valence-electron chi connectivity index (χ0n) is 22.4. The van der Waals surface area contributed by atoms with E-state index in [9.17, 15) is 18.0 Å². The first kappa shape index (κ1) is 28.8. The van der Waals surface area contributed by atoms with Crippen LogP contribution in [-0.2, 0) is 21.4 Å². The number of thiophene rings is 1. The average molecular weight is 570 g/mol. The molecule has 0 radical (unpaired) electrons. The van der Waals surface area contributed by atoms with Gasteiger partial charge in [-0.1, -0.05) is 43.3 Å². The first-order valence-corrected chi connectivity index (χ1v) is 15.5. The van der Waals surface area contributed by atoms with Crippen molar-refractivity contribution in [3.05, 3.63) is 82.6 Å². The van der Waals surface area contributed by atoms with E-state index in [1.54, 1.807) is 42.3 Å². The van der Waals surface area contributed by atoms with Gasteiger partial charge in [-0.25, -0.2) is 8.42 Å². The first-order chi connectivity index (χ1) is 18.8. The summed E-state index contributed by atoms with van der Waals surface area (Å²) >= 11 is 1.42. The van der Waals surface area contributed by atoms with Crippen LogP contribution in [0.25, 0.3) is 0 Å². The summed E-state index contributed by atoms with van der Waals surface area (Å²) in [5.41, 5.74) is 0.925. The molecule has 208 valence electrons. The van der Waals surface area contributed by atoms with E-state index in [-0.39, 0.29) is 35.8 Å². The molecule has 0 saturated carbocycles. The molecule has 0 bridgehead atoms. The van der Waals surface area contributed by atoms with Gasteiger partial charge >= 0.3 is 0 Å². The molecule has 0 atom stereocenters. The lowest BCUT2D eigenvalue weighted by Crippen LogP contribution is -2.51. The molecular formula is C29H35N3O5S2. The molecule has 2 aromatic carbocycles. The predicted molar refractivity (Wildman–Crippen MR) is 152 cm³/mol. The zero-order valence-corrected chi connectivity index (χ0v) is 24.0. The molecule has 1 aliphatic heterocycles. The van der Waals surface area contributed by atoms with Crippen molar-refractivity contribution >= 4 is 33.2 Å². The monoisotopic (exact) mass is 569 g/mol. The molecule has 3 aromatic rings. The van der Waals surface area contributed by atoms with Crippen molar-refractivity contribution in [3.63, 3.8) is 0 Å². The van der Waals surface area contributed by atoms with E-state index in [2.05, 4.69) is 0 Å². The van der Waals surface area contributed by atoms with Gasteiger partial charge in [0.05, 0.1) is 23.4 Å². The number of ether oxygens (including phenoxy) is 1. The number of carbonyl (C=O) groups is 2. The Morgan fingerprint density at radius 1 is 1.00 bits per heavy atom. The van der Waals surface area contributed by atoms with Crippen molar-refractivity contribution in [1.82, 2.24) is 14.1 Å². The summed E-state index contributed by atoms with van der Waals surface area (Å²) in [6.45, 7) is 3.32. The van der Waals surface area contributed by atoms with Crippen molar-refractivity contribution in [3.8, 4) is 5.75 Å². The zero-order chi connectivity index (χ0) is 27.8. The van der Waals surface area contributed by atoms with Gasteiger partial charge in [0.25, 0.3) is 5.91 Å². The van der Waals surface area contributed by atoms with Crippen LogP contribution in [0, 0.1) is 0 Å². The number of hydrogen-bond acceptors (Lipinski definition) is 6. The Bertz CT molecular complexity index is 1320. The van der Waals surface area contributed by atoms with Gasteiger partial charge in [0.1, 0.15) is 5.75 Å². The number of nitrogens with zero attached hydrogens (tertiary/aromatic N) is 3. The van der Waals surface area contributed by atoms with E-state index in [4.69, 9.17) is 4.74 Å². The van der Waals surface area contributed by atoms with Gasteiger partial charge in [-0.2, -0.15) is 4.31 Å². The fourth-order valence-electron chi connectivity index (χ4n) is 4.80. The second-order valence-corrected chi connectivity index (χ2v) is 12.4. The Kier molecular flexibility index (Phi) is 9.77. The molecule has 0 aliphatic carbocycles. The lowest BCUT2D eigenvalue weighted by atomic mass is 10.0. The number of rotatable bonds is 11. The second kappa shape index (κ2) is 13.2. The van der Waals surface area contributed by atoms with Crippen LogP contribution < -0.4 is 4.74 Å². The van der Waals surface area contributed by atoms with Crippen molar-refractivity contribution < 1.29 is 22.7 Å². The van der Waals surface area contributed by atoms with Crippen molar-refractivity contribution in [1.29, 1.82) is 0 Å². The predicted octanol–water partition coefficient (Wildman–Crippen LogP) is 4.49. The molecule has 2 amide bonds. The highest BCUT2D eigenvalue weighted by Gasteiger charge is 2.33. The highest BCUT2D eigenvalue weighted by atomic mass is 32.2. The van der Waals surface area contributed by atoms with Gasteiger partial charge in [-0.05, 0) is 60.5 Å². The molecule has 39 heavy (non-hydrogen) atoms. The Balaban J connectivity index is 1.54. The number of benzene rings is 2. The van der Waals surface area contributed by atoms with Crippen LogP contribution >= 0.6 is 11.3 Å². The Labute approximate surface area is 234 Å². The van der Waals surface area contributed by atoms with Crippen LogP contribution in [0.4, 0.5) is 0 Å². The maximum Gasteiger partial charge on any atom is 0.263 e. The maximum atomic E-state index is 13.9. The largest absolute Gasteiger partial charge is 0.497 e. The number of amides is 2. The number of methoxy groups -OCH3 is 1. The number of sulfonamides is 1. The van der Waals surface area contributed by atoms with Gasteiger partial charge in [-0.3, -0.25) is 9.59 Å². The Morgan fingerprint density at radius 2 is 1.69 bits per heavy atom. The van der Waals surface area contributed by atoms with Crippen LogP contribution in [-0.4, -0.2) is 73.7 Å². The molecule has 10 heteroatoms. The number of hydrogen-bond donors (Lipinski definition) is 0. The minimum absolute atomic E-state index is 0.0135. The van der Waals surface area contributed by atoms with Crippen molar-refractivity contribution in [2.45, 2.75) is 43.7 Å². The molecular weight excluding hydrogens is 534 g/mol. The molecule has 4 rings (SSSR count). The van der Waals surface area contributed by atoms with Crippen LogP contribution in [0.5, 0.6) is 5.75 Å². The second-order valence-electron chi connectivity index (χ2n) is 9.52. The van der Waals surface area contributed by atoms with Gasteiger partial charge in [0, 0.05) is 32.2 Å². The number of likely N-dealkylation sites (tertiary alicyclic amines) is 1. The van der Waals surface area contributed by atoms with Crippen LogP contribution in [0.15, 0.2) is 77.0 Å². The lowest BCUT2D eigenvalue weighted by Gasteiger charge is -2.39. The van der Waals surface area contributed by atoms with E-state index in [0.717, 1.165) is 11.3 Å². The van der Waals surface area contributed by atoms with Crippen molar-refractivity contribution in [2.75, 3.05) is 33.3 Å². The topological polar surface area (TPSA) is 87.2 Å². The molecule has 0 unspecified atom stereocenters. The summed E-state index contributed by atoms with van der Waals surface area (Å²) in [4.78, 5) is 31.2. The summed E-state index contributed by atoms with van der Waals surface area (Å²) in [5, 5.41) is 1.89.